The molecule has 0 bridgehead atoms. The summed E-state index contributed by atoms with van der Waals surface area (Å²) >= 11 is 1.62. The molecule has 0 spiro atoms. The van der Waals surface area contributed by atoms with E-state index in [4.69, 9.17) is 4.74 Å². The minimum Gasteiger partial charge on any atom is -0.368 e. The van der Waals surface area contributed by atoms with E-state index in [9.17, 15) is 14.4 Å². The highest BCUT2D eigenvalue weighted by Crippen LogP contribution is 2.31. The second-order valence-corrected chi connectivity index (χ2v) is 8.11. The molecule has 0 radical (unpaired) electrons. The third kappa shape index (κ3) is 3.96. The Labute approximate surface area is 162 Å². The molecule has 3 heterocycles. The zero-order valence-corrected chi connectivity index (χ0v) is 15.9. The van der Waals surface area contributed by atoms with Crippen LogP contribution in [0.1, 0.15) is 29.6 Å². The molecule has 3 amide bonds. The first-order valence-electron chi connectivity index (χ1n) is 9.38. The van der Waals surface area contributed by atoms with Crippen LogP contribution in [-0.4, -0.2) is 72.2 Å². The van der Waals surface area contributed by atoms with Gasteiger partial charge in [-0.2, -0.15) is 0 Å². The molecule has 8 heteroatoms. The second-order valence-electron chi connectivity index (χ2n) is 6.98. The van der Waals surface area contributed by atoms with E-state index in [2.05, 4.69) is 5.32 Å². The van der Waals surface area contributed by atoms with Gasteiger partial charge in [-0.1, -0.05) is 0 Å². The molecule has 1 aromatic carbocycles. The number of piperazine rings is 1. The molecule has 27 heavy (non-hydrogen) atoms. The van der Waals surface area contributed by atoms with Crippen LogP contribution in [0.15, 0.2) is 23.1 Å². The average Bonchev–Trinajstić information content (AvgIpc) is 3.16. The molecule has 3 aliphatic heterocycles. The maximum Gasteiger partial charge on any atom is 0.254 e. The number of hydrogen-bond acceptors (Lipinski definition) is 5. The van der Waals surface area contributed by atoms with Crippen LogP contribution in [0.3, 0.4) is 0 Å². The number of fused-ring (bicyclic) bond motifs is 1. The van der Waals surface area contributed by atoms with Crippen molar-refractivity contribution in [3.63, 3.8) is 0 Å². The summed E-state index contributed by atoms with van der Waals surface area (Å²) in [6.07, 6.45) is 1.89. The van der Waals surface area contributed by atoms with Gasteiger partial charge in [-0.15, -0.1) is 11.8 Å². The number of carbonyl (C=O) groups excluding carboxylic acids is 3. The first-order valence-corrected chi connectivity index (χ1v) is 10.4. The maximum atomic E-state index is 12.9. The van der Waals surface area contributed by atoms with Crippen molar-refractivity contribution in [2.45, 2.75) is 30.3 Å². The van der Waals surface area contributed by atoms with Crippen LogP contribution in [0.5, 0.6) is 0 Å². The molecule has 1 aromatic rings. The summed E-state index contributed by atoms with van der Waals surface area (Å²) in [6.45, 7) is 2.73. The van der Waals surface area contributed by atoms with E-state index in [-0.39, 0.29) is 23.8 Å². The van der Waals surface area contributed by atoms with E-state index < -0.39 is 0 Å². The van der Waals surface area contributed by atoms with Gasteiger partial charge in [0.1, 0.15) is 6.10 Å². The lowest BCUT2D eigenvalue weighted by Gasteiger charge is -2.35. The predicted molar refractivity (Wildman–Crippen MR) is 102 cm³/mol. The lowest BCUT2D eigenvalue weighted by molar-refractivity contribution is -0.142. The molecule has 2 saturated heterocycles. The van der Waals surface area contributed by atoms with Crippen molar-refractivity contribution in [2.75, 3.05) is 43.9 Å². The first-order chi connectivity index (χ1) is 13.1. The van der Waals surface area contributed by atoms with E-state index in [0.717, 1.165) is 23.5 Å². The first kappa shape index (κ1) is 18.3. The van der Waals surface area contributed by atoms with Crippen LogP contribution >= 0.6 is 11.8 Å². The zero-order chi connectivity index (χ0) is 18.8. The third-order valence-electron chi connectivity index (χ3n) is 5.17. The Balaban J connectivity index is 1.39. The highest BCUT2D eigenvalue weighted by atomic mass is 32.2. The Morgan fingerprint density at radius 1 is 1.15 bits per heavy atom. The van der Waals surface area contributed by atoms with Gasteiger partial charge in [-0.25, -0.2) is 0 Å². The van der Waals surface area contributed by atoms with Gasteiger partial charge in [0.25, 0.3) is 11.8 Å². The van der Waals surface area contributed by atoms with Crippen molar-refractivity contribution in [3.05, 3.63) is 23.8 Å². The van der Waals surface area contributed by atoms with Crippen molar-refractivity contribution in [1.82, 2.24) is 9.80 Å². The number of amides is 3. The maximum absolute atomic E-state index is 12.9. The summed E-state index contributed by atoms with van der Waals surface area (Å²) in [5, 5.41) is 2.88. The molecular formula is C19H23N3O4S. The van der Waals surface area contributed by atoms with Gasteiger partial charge < -0.3 is 19.9 Å². The number of hydrogen-bond donors (Lipinski definition) is 1. The highest BCUT2D eigenvalue weighted by molar-refractivity contribution is 7.99. The van der Waals surface area contributed by atoms with E-state index in [1.807, 2.05) is 12.1 Å². The van der Waals surface area contributed by atoms with Gasteiger partial charge in [-0.3, -0.25) is 14.4 Å². The number of nitrogens with zero attached hydrogens (tertiary/aromatic N) is 2. The average molecular weight is 389 g/mol. The molecule has 144 valence electrons. The minimum absolute atomic E-state index is 0.0212. The summed E-state index contributed by atoms with van der Waals surface area (Å²) < 4.78 is 5.48. The largest absolute Gasteiger partial charge is 0.368 e. The van der Waals surface area contributed by atoms with E-state index in [1.54, 1.807) is 27.6 Å². The molecule has 1 unspecified atom stereocenters. The van der Waals surface area contributed by atoms with Gasteiger partial charge in [0.2, 0.25) is 5.91 Å². The molecule has 3 aliphatic rings. The van der Waals surface area contributed by atoms with E-state index >= 15 is 0 Å². The fraction of sp³-hybridized carbons (Fsp3) is 0.526. The summed E-state index contributed by atoms with van der Waals surface area (Å²) in [7, 11) is 0. The summed E-state index contributed by atoms with van der Waals surface area (Å²) in [4.78, 5) is 41.6. The van der Waals surface area contributed by atoms with Gasteiger partial charge in [0.15, 0.2) is 0 Å². The molecule has 1 atom stereocenters. The van der Waals surface area contributed by atoms with Crippen LogP contribution in [0.25, 0.3) is 0 Å². The van der Waals surface area contributed by atoms with Crippen molar-refractivity contribution in [1.29, 1.82) is 0 Å². The van der Waals surface area contributed by atoms with Crippen molar-refractivity contribution in [2.24, 2.45) is 0 Å². The topological polar surface area (TPSA) is 79.0 Å². The van der Waals surface area contributed by atoms with Crippen LogP contribution in [0.4, 0.5) is 5.69 Å². The Morgan fingerprint density at radius 2 is 1.93 bits per heavy atom. The van der Waals surface area contributed by atoms with Gasteiger partial charge in [0.05, 0.1) is 5.69 Å². The Kier molecular flexibility index (Phi) is 5.36. The van der Waals surface area contributed by atoms with Crippen LogP contribution in [-0.2, 0) is 14.3 Å². The number of thioether (sulfide) groups is 1. The van der Waals surface area contributed by atoms with Gasteiger partial charge in [-0.05, 0) is 31.0 Å². The minimum atomic E-state index is -0.307. The lowest BCUT2D eigenvalue weighted by atomic mass is 10.1. The van der Waals surface area contributed by atoms with Crippen molar-refractivity contribution >= 4 is 35.2 Å². The highest BCUT2D eigenvalue weighted by Gasteiger charge is 2.31. The summed E-state index contributed by atoms with van der Waals surface area (Å²) in [5.41, 5.74) is 1.27. The quantitative estimate of drug-likeness (QED) is 0.831. The summed E-state index contributed by atoms with van der Waals surface area (Å²) in [5.74, 6) is 0.703. The van der Waals surface area contributed by atoms with Crippen LogP contribution < -0.4 is 5.32 Å². The van der Waals surface area contributed by atoms with Crippen LogP contribution in [0, 0.1) is 0 Å². The smallest absolute Gasteiger partial charge is 0.254 e. The molecule has 1 N–H and O–H groups in total. The normalized spacial score (nSPS) is 22.8. The van der Waals surface area contributed by atoms with Crippen molar-refractivity contribution in [3.8, 4) is 0 Å². The predicted octanol–water partition coefficient (Wildman–Crippen LogP) is 1.58. The third-order valence-corrected chi connectivity index (χ3v) is 6.25. The standard InChI is InChI=1S/C19H23N3O4S/c23-17-5-11-27-16-4-3-13(12-14(16)20-17)18(24)21-6-8-22(9-7-21)19(25)15-2-1-10-26-15/h3-4,12,15H,1-2,5-11H2,(H,20,23). The number of carbonyl (C=O) groups is 3. The van der Waals surface area contributed by atoms with Gasteiger partial charge >= 0.3 is 0 Å². The lowest BCUT2D eigenvalue weighted by Crippen LogP contribution is -2.52. The molecule has 0 saturated carbocycles. The molecule has 0 aliphatic carbocycles. The Hall–Kier alpha value is -2.06. The molecule has 7 nitrogen and oxygen atoms in total. The number of benzene rings is 1. The number of anilines is 1. The number of rotatable bonds is 2. The fourth-order valence-corrected chi connectivity index (χ4v) is 4.58. The molecule has 4 rings (SSSR count). The molecular weight excluding hydrogens is 366 g/mol. The zero-order valence-electron chi connectivity index (χ0n) is 15.1. The van der Waals surface area contributed by atoms with Gasteiger partial charge in [0, 0.05) is 55.4 Å². The summed E-state index contributed by atoms with van der Waals surface area (Å²) in [6, 6.07) is 5.48. The number of nitrogens with one attached hydrogen (secondary N) is 1. The Morgan fingerprint density at radius 3 is 2.67 bits per heavy atom. The second kappa shape index (κ2) is 7.90. The fourth-order valence-electron chi connectivity index (χ4n) is 3.64. The molecule has 0 aromatic heterocycles. The SMILES string of the molecule is O=C1CCSc2ccc(C(=O)N3CCN(C(=O)C4CCCO4)CC3)cc2N1. The molecule has 2 fully saturated rings. The van der Waals surface area contributed by atoms with Crippen LogP contribution in [0.2, 0.25) is 0 Å². The van der Waals surface area contributed by atoms with Crippen molar-refractivity contribution < 1.29 is 19.1 Å². The Bertz CT molecular complexity index is 755. The number of ether oxygens (including phenoxy) is 1. The van der Waals surface area contributed by atoms with E-state index in [0.29, 0.717) is 50.5 Å². The van der Waals surface area contributed by atoms with E-state index in [1.165, 1.54) is 0 Å². The monoisotopic (exact) mass is 389 g/mol.